The topological polar surface area (TPSA) is 23.6 Å². The van der Waals surface area contributed by atoms with Crippen LogP contribution in [0, 0.1) is 0 Å². The summed E-state index contributed by atoms with van der Waals surface area (Å²) in [7, 11) is 6.22. The average molecular weight is 310 g/mol. The van der Waals surface area contributed by atoms with Crippen molar-refractivity contribution in [2.24, 2.45) is 0 Å². The number of hydrogen-bond donors (Lipinski definition) is 0. The summed E-state index contributed by atoms with van der Waals surface area (Å²) in [6.07, 6.45) is 4.73. The minimum atomic E-state index is 0.139. The first-order chi connectivity index (χ1) is 11.1. The van der Waals surface area contributed by atoms with Gasteiger partial charge >= 0.3 is 0 Å². The van der Waals surface area contributed by atoms with Crippen LogP contribution >= 0.6 is 0 Å². The first-order valence-electron chi connectivity index (χ1n) is 8.51. The highest BCUT2D eigenvalue weighted by atomic mass is 16.2. The van der Waals surface area contributed by atoms with E-state index in [1.54, 1.807) is 0 Å². The van der Waals surface area contributed by atoms with E-state index in [1.165, 1.54) is 19.3 Å². The van der Waals surface area contributed by atoms with Crippen LogP contribution in [-0.4, -0.2) is 48.9 Å². The number of hydrogen-bond acceptors (Lipinski definition) is 2. The molecule has 23 heavy (non-hydrogen) atoms. The summed E-state index contributed by atoms with van der Waals surface area (Å²) in [6.45, 7) is 0. The molecule has 0 aromatic heterocycles. The molecule has 3 heteroatoms. The van der Waals surface area contributed by atoms with E-state index in [2.05, 4.69) is 31.1 Å². The zero-order chi connectivity index (χ0) is 16.4. The van der Waals surface area contributed by atoms with E-state index in [4.69, 9.17) is 0 Å². The Labute approximate surface area is 138 Å². The Morgan fingerprint density at radius 3 is 2.30 bits per heavy atom. The van der Waals surface area contributed by atoms with Crippen molar-refractivity contribution in [1.29, 1.82) is 0 Å². The lowest BCUT2D eigenvalue weighted by molar-refractivity contribution is 0.0546. The standard InChI is InChI=1S/C20H26N2O/c1-21(2)18-13-6-7-14-19(18)22(3)20(23)17-12-8-10-15-9-4-5-11-16(15)17/h4-5,8-12,18-19H,6-7,13-14H2,1-3H3/t18-,19-/m1/s1. The van der Waals surface area contributed by atoms with Crippen LogP contribution < -0.4 is 0 Å². The van der Waals surface area contributed by atoms with E-state index in [9.17, 15) is 4.79 Å². The molecular formula is C20H26N2O. The molecule has 1 amide bonds. The van der Waals surface area contributed by atoms with Crippen molar-refractivity contribution < 1.29 is 4.79 Å². The highest BCUT2D eigenvalue weighted by Gasteiger charge is 2.32. The van der Waals surface area contributed by atoms with Crippen LogP contribution in [0.25, 0.3) is 10.8 Å². The Balaban J connectivity index is 1.92. The fourth-order valence-corrected chi connectivity index (χ4v) is 3.90. The van der Waals surface area contributed by atoms with E-state index in [0.717, 1.165) is 22.8 Å². The lowest BCUT2D eigenvalue weighted by atomic mass is 9.88. The number of rotatable bonds is 3. The first-order valence-corrected chi connectivity index (χ1v) is 8.51. The van der Waals surface area contributed by atoms with Gasteiger partial charge in [0.05, 0.1) is 0 Å². The maximum absolute atomic E-state index is 13.1. The molecule has 0 unspecified atom stereocenters. The summed E-state index contributed by atoms with van der Waals surface area (Å²) in [5, 5.41) is 2.17. The number of benzene rings is 2. The summed E-state index contributed by atoms with van der Waals surface area (Å²) >= 11 is 0. The van der Waals surface area contributed by atoms with Crippen LogP contribution in [0.15, 0.2) is 42.5 Å². The van der Waals surface area contributed by atoms with Crippen LogP contribution in [0.1, 0.15) is 36.0 Å². The zero-order valence-corrected chi connectivity index (χ0v) is 14.3. The second-order valence-electron chi connectivity index (χ2n) is 6.83. The molecule has 1 fully saturated rings. The summed E-state index contributed by atoms with van der Waals surface area (Å²) in [5.74, 6) is 0.139. The first kappa shape index (κ1) is 16.0. The molecule has 3 nitrogen and oxygen atoms in total. The molecule has 2 atom stereocenters. The normalized spacial score (nSPS) is 21.6. The van der Waals surface area contributed by atoms with E-state index in [1.807, 2.05) is 42.3 Å². The Kier molecular flexibility index (Phi) is 4.67. The minimum absolute atomic E-state index is 0.139. The van der Waals surface area contributed by atoms with Crippen LogP contribution in [0.2, 0.25) is 0 Å². The van der Waals surface area contributed by atoms with Gasteiger partial charge in [0.2, 0.25) is 0 Å². The Morgan fingerprint density at radius 2 is 1.57 bits per heavy atom. The number of carbonyl (C=O) groups is 1. The van der Waals surface area contributed by atoms with Gasteiger partial charge in [-0.05, 0) is 43.8 Å². The van der Waals surface area contributed by atoms with Gasteiger partial charge in [0.1, 0.15) is 0 Å². The predicted molar refractivity (Wildman–Crippen MR) is 95.8 cm³/mol. The zero-order valence-electron chi connectivity index (χ0n) is 14.3. The average Bonchev–Trinajstić information content (AvgIpc) is 2.60. The molecule has 0 spiro atoms. The van der Waals surface area contributed by atoms with Gasteiger partial charge < -0.3 is 9.80 Å². The number of amides is 1. The summed E-state index contributed by atoms with van der Waals surface area (Å²) in [5.41, 5.74) is 0.814. The Hall–Kier alpha value is -1.87. The van der Waals surface area contributed by atoms with Gasteiger partial charge in [-0.2, -0.15) is 0 Å². The number of fused-ring (bicyclic) bond motifs is 1. The van der Waals surface area contributed by atoms with Gasteiger partial charge in [0.25, 0.3) is 5.91 Å². The molecule has 0 bridgehead atoms. The van der Waals surface area contributed by atoms with E-state index < -0.39 is 0 Å². The van der Waals surface area contributed by atoms with Gasteiger partial charge in [-0.1, -0.05) is 49.2 Å². The maximum Gasteiger partial charge on any atom is 0.254 e. The third-order valence-corrected chi connectivity index (χ3v) is 5.20. The third kappa shape index (κ3) is 3.11. The smallest absolute Gasteiger partial charge is 0.254 e. The largest absolute Gasteiger partial charge is 0.337 e. The number of nitrogens with zero attached hydrogens (tertiary/aromatic N) is 2. The van der Waals surface area contributed by atoms with E-state index in [-0.39, 0.29) is 5.91 Å². The molecule has 1 aliphatic rings. The van der Waals surface area contributed by atoms with Gasteiger partial charge in [0, 0.05) is 24.7 Å². The predicted octanol–water partition coefficient (Wildman–Crippen LogP) is 3.78. The maximum atomic E-state index is 13.1. The minimum Gasteiger partial charge on any atom is -0.337 e. The number of likely N-dealkylation sites (N-methyl/N-ethyl adjacent to an activating group) is 2. The third-order valence-electron chi connectivity index (χ3n) is 5.20. The molecule has 122 valence electrons. The van der Waals surface area contributed by atoms with E-state index in [0.29, 0.717) is 12.1 Å². The molecule has 0 N–H and O–H groups in total. The molecule has 0 saturated heterocycles. The Morgan fingerprint density at radius 1 is 0.913 bits per heavy atom. The summed E-state index contributed by atoms with van der Waals surface area (Å²) in [4.78, 5) is 17.4. The highest BCUT2D eigenvalue weighted by molar-refractivity contribution is 6.07. The second kappa shape index (κ2) is 6.71. The molecule has 1 saturated carbocycles. The highest BCUT2D eigenvalue weighted by Crippen LogP contribution is 2.27. The van der Waals surface area contributed by atoms with Crippen LogP contribution in [0.4, 0.5) is 0 Å². The molecule has 2 aromatic carbocycles. The molecular weight excluding hydrogens is 284 g/mol. The van der Waals surface area contributed by atoms with E-state index >= 15 is 0 Å². The SMILES string of the molecule is CN(C)[C@@H]1CCCC[C@H]1N(C)C(=O)c1cccc2ccccc12. The van der Waals surface area contributed by atoms with Crippen molar-refractivity contribution in [2.45, 2.75) is 37.8 Å². The van der Waals surface area contributed by atoms with Crippen molar-refractivity contribution in [3.8, 4) is 0 Å². The van der Waals surface area contributed by atoms with Gasteiger partial charge in [-0.3, -0.25) is 4.79 Å². The molecule has 3 rings (SSSR count). The van der Waals surface area contributed by atoms with Crippen molar-refractivity contribution >= 4 is 16.7 Å². The van der Waals surface area contributed by atoms with Gasteiger partial charge in [0.15, 0.2) is 0 Å². The lowest BCUT2D eigenvalue weighted by Crippen LogP contribution is -2.51. The van der Waals surface area contributed by atoms with Crippen molar-refractivity contribution in [3.05, 3.63) is 48.0 Å². The molecule has 0 heterocycles. The quantitative estimate of drug-likeness (QED) is 0.861. The summed E-state index contributed by atoms with van der Waals surface area (Å²) in [6, 6.07) is 14.9. The van der Waals surface area contributed by atoms with Crippen LogP contribution in [0.3, 0.4) is 0 Å². The lowest BCUT2D eigenvalue weighted by Gasteiger charge is -2.41. The Bertz CT molecular complexity index is 690. The van der Waals surface area contributed by atoms with Crippen LogP contribution in [0.5, 0.6) is 0 Å². The van der Waals surface area contributed by atoms with Crippen molar-refractivity contribution in [3.63, 3.8) is 0 Å². The molecule has 0 radical (unpaired) electrons. The fraction of sp³-hybridized carbons (Fsp3) is 0.450. The van der Waals surface area contributed by atoms with Crippen LogP contribution in [-0.2, 0) is 0 Å². The monoisotopic (exact) mass is 310 g/mol. The second-order valence-corrected chi connectivity index (χ2v) is 6.83. The van der Waals surface area contributed by atoms with Gasteiger partial charge in [-0.15, -0.1) is 0 Å². The van der Waals surface area contributed by atoms with Crippen molar-refractivity contribution in [2.75, 3.05) is 21.1 Å². The molecule has 0 aliphatic heterocycles. The van der Waals surface area contributed by atoms with Gasteiger partial charge in [-0.25, -0.2) is 0 Å². The summed E-state index contributed by atoms with van der Waals surface area (Å²) < 4.78 is 0. The molecule has 2 aromatic rings. The van der Waals surface area contributed by atoms with Crippen molar-refractivity contribution in [1.82, 2.24) is 9.80 Å². The fourth-order valence-electron chi connectivity index (χ4n) is 3.90. The number of carbonyl (C=O) groups excluding carboxylic acids is 1. The molecule has 1 aliphatic carbocycles.